The molecule has 0 aromatic heterocycles. The van der Waals surface area contributed by atoms with Gasteiger partial charge in [0.15, 0.2) is 0 Å². The molecule has 2 fully saturated rings. The van der Waals surface area contributed by atoms with Crippen LogP contribution >= 0.6 is 15.9 Å². The predicted molar refractivity (Wildman–Crippen MR) is 71.2 cm³/mol. The van der Waals surface area contributed by atoms with Gasteiger partial charge in [0.05, 0.1) is 12.7 Å². The van der Waals surface area contributed by atoms with E-state index in [0.29, 0.717) is 11.5 Å². The maximum absolute atomic E-state index is 5.74. The van der Waals surface area contributed by atoms with Crippen molar-refractivity contribution in [3.8, 4) is 0 Å². The van der Waals surface area contributed by atoms with Gasteiger partial charge in [0.25, 0.3) is 0 Å². The molecule has 1 saturated heterocycles. The molecule has 0 N–H and O–H groups in total. The van der Waals surface area contributed by atoms with Crippen molar-refractivity contribution < 1.29 is 4.74 Å². The van der Waals surface area contributed by atoms with Crippen LogP contribution < -0.4 is 0 Å². The first-order chi connectivity index (χ1) is 7.78. The molecular formula is C13H24BrNO. The fourth-order valence-corrected chi connectivity index (χ4v) is 3.84. The van der Waals surface area contributed by atoms with E-state index in [2.05, 4.69) is 27.8 Å². The van der Waals surface area contributed by atoms with Gasteiger partial charge in [-0.15, -0.1) is 0 Å². The maximum atomic E-state index is 5.74. The Hall–Kier alpha value is 0.400. The quantitative estimate of drug-likeness (QED) is 0.738. The Morgan fingerprint density at radius 2 is 2.12 bits per heavy atom. The summed E-state index contributed by atoms with van der Waals surface area (Å²) in [6.07, 6.45) is 7.29. The Balaban J connectivity index is 1.87. The minimum atomic E-state index is 0.475. The summed E-state index contributed by atoms with van der Waals surface area (Å²) >= 11 is 3.73. The number of alkyl halides is 1. The molecule has 2 nitrogen and oxygen atoms in total. The van der Waals surface area contributed by atoms with Crippen LogP contribution in [0.5, 0.6) is 0 Å². The average Bonchev–Trinajstić information content (AvgIpc) is 2.78. The molecule has 2 aliphatic rings. The van der Waals surface area contributed by atoms with Gasteiger partial charge in [-0.2, -0.15) is 0 Å². The molecule has 3 heteroatoms. The smallest absolute Gasteiger partial charge is 0.0700 e. The molecule has 0 bridgehead atoms. The summed E-state index contributed by atoms with van der Waals surface area (Å²) in [5.41, 5.74) is 0.565. The lowest BCUT2D eigenvalue weighted by molar-refractivity contribution is -0.0400. The molecule has 1 atom stereocenters. The minimum absolute atomic E-state index is 0.475. The zero-order valence-electron chi connectivity index (χ0n) is 10.4. The van der Waals surface area contributed by atoms with Crippen molar-refractivity contribution in [2.75, 3.05) is 31.6 Å². The second-order valence-electron chi connectivity index (χ2n) is 5.48. The minimum Gasteiger partial charge on any atom is -0.376 e. The van der Waals surface area contributed by atoms with Gasteiger partial charge < -0.3 is 4.74 Å². The van der Waals surface area contributed by atoms with Gasteiger partial charge in [-0.05, 0) is 24.7 Å². The molecule has 0 aromatic rings. The first-order valence-corrected chi connectivity index (χ1v) is 7.80. The summed E-state index contributed by atoms with van der Waals surface area (Å²) in [6.45, 7) is 6.70. The Morgan fingerprint density at radius 3 is 2.75 bits per heavy atom. The molecule has 0 aromatic carbocycles. The van der Waals surface area contributed by atoms with E-state index in [-0.39, 0.29) is 0 Å². The van der Waals surface area contributed by atoms with Gasteiger partial charge in [-0.1, -0.05) is 35.7 Å². The molecule has 16 heavy (non-hydrogen) atoms. The topological polar surface area (TPSA) is 12.5 Å². The molecule has 0 amide bonds. The van der Waals surface area contributed by atoms with Crippen LogP contribution in [-0.4, -0.2) is 42.6 Å². The van der Waals surface area contributed by atoms with E-state index in [1.165, 1.54) is 37.6 Å². The summed E-state index contributed by atoms with van der Waals surface area (Å²) in [7, 11) is 0. The summed E-state index contributed by atoms with van der Waals surface area (Å²) in [5.74, 6) is 0. The molecule has 0 spiro atoms. The number of hydrogen-bond donors (Lipinski definition) is 0. The predicted octanol–water partition coefficient (Wildman–Crippen LogP) is 3.05. The molecule has 94 valence electrons. The molecule has 1 saturated carbocycles. The molecule has 1 unspecified atom stereocenters. The number of hydrogen-bond acceptors (Lipinski definition) is 2. The summed E-state index contributed by atoms with van der Waals surface area (Å²) in [4.78, 5) is 2.63. The van der Waals surface area contributed by atoms with Crippen molar-refractivity contribution in [1.82, 2.24) is 4.90 Å². The van der Waals surface area contributed by atoms with Gasteiger partial charge >= 0.3 is 0 Å². The van der Waals surface area contributed by atoms with Gasteiger partial charge in [-0.3, -0.25) is 4.90 Å². The van der Waals surface area contributed by atoms with Crippen LogP contribution in [0.15, 0.2) is 0 Å². The Bertz CT molecular complexity index is 216. The van der Waals surface area contributed by atoms with Gasteiger partial charge in [-0.25, -0.2) is 0 Å². The van der Waals surface area contributed by atoms with Crippen LogP contribution in [0.1, 0.15) is 39.0 Å². The fraction of sp³-hybridized carbons (Fsp3) is 1.00. The Kier molecular flexibility index (Phi) is 4.68. The first-order valence-electron chi connectivity index (χ1n) is 6.68. The Labute approximate surface area is 108 Å². The highest BCUT2D eigenvalue weighted by molar-refractivity contribution is 9.09. The van der Waals surface area contributed by atoms with Crippen LogP contribution in [0.4, 0.5) is 0 Å². The van der Waals surface area contributed by atoms with E-state index in [4.69, 9.17) is 4.74 Å². The van der Waals surface area contributed by atoms with Crippen molar-refractivity contribution in [3.63, 3.8) is 0 Å². The van der Waals surface area contributed by atoms with E-state index in [9.17, 15) is 0 Å². The van der Waals surface area contributed by atoms with Crippen molar-refractivity contribution in [3.05, 3.63) is 0 Å². The monoisotopic (exact) mass is 289 g/mol. The zero-order chi connectivity index (χ0) is 11.4. The van der Waals surface area contributed by atoms with Crippen LogP contribution in [0.25, 0.3) is 0 Å². The van der Waals surface area contributed by atoms with Gasteiger partial charge in [0.2, 0.25) is 0 Å². The average molecular weight is 290 g/mol. The highest BCUT2D eigenvalue weighted by atomic mass is 79.9. The number of ether oxygens (including phenoxy) is 1. The fourth-order valence-electron chi connectivity index (χ4n) is 3.10. The third-order valence-corrected chi connectivity index (χ3v) is 5.37. The van der Waals surface area contributed by atoms with E-state index >= 15 is 0 Å². The second-order valence-corrected chi connectivity index (χ2v) is 6.04. The van der Waals surface area contributed by atoms with Gasteiger partial charge in [0, 0.05) is 25.0 Å². The molecule has 2 rings (SSSR count). The lowest BCUT2D eigenvalue weighted by Crippen LogP contribution is -2.47. The van der Waals surface area contributed by atoms with E-state index in [1.54, 1.807) is 0 Å². The van der Waals surface area contributed by atoms with Crippen molar-refractivity contribution in [1.29, 1.82) is 0 Å². The lowest BCUT2D eigenvalue weighted by atomic mass is 9.88. The molecule has 1 heterocycles. The number of morpholine rings is 1. The molecule has 0 radical (unpaired) electrons. The second kappa shape index (κ2) is 5.83. The molecule has 1 aliphatic heterocycles. The van der Waals surface area contributed by atoms with Crippen LogP contribution in [0.3, 0.4) is 0 Å². The highest BCUT2D eigenvalue weighted by Gasteiger charge is 2.35. The number of halogens is 1. The third-order valence-electron chi connectivity index (χ3n) is 4.18. The lowest BCUT2D eigenvalue weighted by Gasteiger charge is -2.38. The molecule has 1 aliphatic carbocycles. The highest BCUT2D eigenvalue weighted by Crippen LogP contribution is 2.40. The van der Waals surface area contributed by atoms with Crippen molar-refractivity contribution in [2.24, 2.45) is 5.41 Å². The van der Waals surface area contributed by atoms with E-state index in [1.807, 2.05) is 0 Å². The SMILES string of the molecule is CCC1CN(CC2(CBr)CCCC2)CCO1. The van der Waals surface area contributed by atoms with E-state index in [0.717, 1.165) is 26.1 Å². The number of nitrogens with zero attached hydrogens (tertiary/aromatic N) is 1. The van der Waals surface area contributed by atoms with Crippen LogP contribution in [0.2, 0.25) is 0 Å². The largest absolute Gasteiger partial charge is 0.376 e. The summed E-state index contributed by atoms with van der Waals surface area (Å²) in [6, 6.07) is 0. The van der Waals surface area contributed by atoms with Crippen LogP contribution in [0, 0.1) is 5.41 Å². The van der Waals surface area contributed by atoms with Crippen molar-refractivity contribution in [2.45, 2.75) is 45.1 Å². The zero-order valence-corrected chi connectivity index (χ0v) is 12.0. The maximum Gasteiger partial charge on any atom is 0.0700 e. The first kappa shape index (κ1) is 12.8. The van der Waals surface area contributed by atoms with Crippen molar-refractivity contribution >= 4 is 15.9 Å². The van der Waals surface area contributed by atoms with E-state index < -0.39 is 0 Å². The van der Waals surface area contributed by atoms with Crippen LogP contribution in [-0.2, 0) is 4.74 Å². The summed E-state index contributed by atoms with van der Waals surface area (Å²) in [5, 5.41) is 1.17. The molecular weight excluding hydrogens is 266 g/mol. The standard InChI is InChI=1S/C13H24BrNO/c1-2-12-9-15(7-8-16-12)11-13(10-14)5-3-4-6-13/h12H,2-11H2,1H3. The Morgan fingerprint density at radius 1 is 1.38 bits per heavy atom. The normalized spacial score (nSPS) is 30.8. The van der Waals surface area contributed by atoms with Gasteiger partial charge in [0.1, 0.15) is 0 Å². The third kappa shape index (κ3) is 2.99. The number of rotatable bonds is 4. The summed E-state index contributed by atoms with van der Waals surface area (Å²) < 4.78 is 5.74.